The van der Waals surface area contributed by atoms with E-state index in [1.165, 1.54) is 13.2 Å². The highest BCUT2D eigenvalue weighted by molar-refractivity contribution is 6.44. The van der Waals surface area contributed by atoms with E-state index in [0.717, 1.165) is 0 Å². The summed E-state index contributed by atoms with van der Waals surface area (Å²) in [5, 5.41) is 10.1. The van der Waals surface area contributed by atoms with Crippen molar-refractivity contribution >= 4 is 23.2 Å². The van der Waals surface area contributed by atoms with Gasteiger partial charge in [0.05, 0.1) is 7.11 Å². The molecule has 3 nitrogen and oxygen atoms in total. The highest BCUT2D eigenvalue weighted by Crippen LogP contribution is 2.46. The average Bonchev–Trinajstić information content (AvgIpc) is 2.40. The maximum Gasteiger partial charge on any atom is 0.189 e. The van der Waals surface area contributed by atoms with Gasteiger partial charge in [-0.1, -0.05) is 41.4 Å². The monoisotopic (exact) mass is 284 g/mol. The van der Waals surface area contributed by atoms with Crippen molar-refractivity contribution in [2.45, 2.75) is 0 Å². The third-order valence-electron chi connectivity index (χ3n) is 2.29. The number of ether oxygens (including phenoxy) is 2. The lowest BCUT2D eigenvalue weighted by molar-refractivity contribution is 0.391. The topological polar surface area (TPSA) is 38.7 Å². The minimum absolute atomic E-state index is 0.105. The molecule has 0 aliphatic heterocycles. The van der Waals surface area contributed by atoms with E-state index in [0.29, 0.717) is 11.5 Å². The molecular formula is C13H10Cl2O3. The molecule has 18 heavy (non-hydrogen) atoms. The molecule has 0 fully saturated rings. The molecule has 5 heteroatoms. The normalized spacial score (nSPS) is 10.2. The van der Waals surface area contributed by atoms with E-state index in [4.69, 9.17) is 32.7 Å². The Morgan fingerprint density at radius 2 is 1.72 bits per heavy atom. The maximum absolute atomic E-state index is 9.84. The fourth-order valence-corrected chi connectivity index (χ4v) is 1.87. The number of phenolic OH excluding ortho intramolecular Hbond substituents is 1. The predicted octanol–water partition coefficient (Wildman–Crippen LogP) is 4.50. The van der Waals surface area contributed by atoms with Crippen molar-refractivity contribution in [3.63, 3.8) is 0 Å². The Morgan fingerprint density at radius 3 is 2.33 bits per heavy atom. The van der Waals surface area contributed by atoms with Crippen LogP contribution in [0.3, 0.4) is 0 Å². The van der Waals surface area contributed by atoms with Gasteiger partial charge in [0.25, 0.3) is 0 Å². The number of phenols is 1. The second-order valence-corrected chi connectivity index (χ2v) is 4.23. The second kappa shape index (κ2) is 5.38. The maximum atomic E-state index is 9.84. The molecule has 2 aromatic carbocycles. The van der Waals surface area contributed by atoms with Crippen molar-refractivity contribution in [1.29, 1.82) is 0 Å². The third-order valence-corrected chi connectivity index (χ3v) is 3.12. The van der Waals surface area contributed by atoms with Crippen LogP contribution in [0.1, 0.15) is 0 Å². The quantitative estimate of drug-likeness (QED) is 0.902. The molecule has 0 radical (unpaired) electrons. The Morgan fingerprint density at radius 1 is 1.06 bits per heavy atom. The van der Waals surface area contributed by atoms with Gasteiger partial charge in [0.15, 0.2) is 11.5 Å². The first-order chi connectivity index (χ1) is 8.63. The summed E-state index contributed by atoms with van der Waals surface area (Å²) in [7, 11) is 1.44. The summed E-state index contributed by atoms with van der Waals surface area (Å²) in [5.41, 5.74) is 0. The van der Waals surface area contributed by atoms with E-state index < -0.39 is 0 Å². The van der Waals surface area contributed by atoms with Crippen LogP contribution in [0.4, 0.5) is 0 Å². The van der Waals surface area contributed by atoms with Crippen molar-refractivity contribution in [2.75, 3.05) is 7.11 Å². The zero-order valence-electron chi connectivity index (χ0n) is 9.48. The largest absolute Gasteiger partial charge is 0.504 e. The molecule has 2 aromatic rings. The van der Waals surface area contributed by atoms with Crippen LogP contribution >= 0.6 is 23.2 Å². The summed E-state index contributed by atoms with van der Waals surface area (Å²) < 4.78 is 10.5. The Bertz CT molecular complexity index is 556. The van der Waals surface area contributed by atoms with Crippen LogP contribution in [-0.4, -0.2) is 12.2 Å². The van der Waals surface area contributed by atoms with Gasteiger partial charge in [0.2, 0.25) is 0 Å². The van der Waals surface area contributed by atoms with Gasteiger partial charge in [-0.25, -0.2) is 0 Å². The first kappa shape index (κ1) is 12.9. The Kier molecular flexibility index (Phi) is 3.84. The molecule has 0 aliphatic rings. The number of halogens is 2. The molecular weight excluding hydrogens is 275 g/mol. The van der Waals surface area contributed by atoms with Gasteiger partial charge in [-0.15, -0.1) is 0 Å². The van der Waals surface area contributed by atoms with Crippen molar-refractivity contribution in [3.8, 4) is 23.0 Å². The highest BCUT2D eigenvalue weighted by atomic mass is 35.5. The number of para-hydroxylation sites is 1. The fourth-order valence-electron chi connectivity index (χ4n) is 1.43. The van der Waals surface area contributed by atoms with Crippen molar-refractivity contribution in [3.05, 3.63) is 46.4 Å². The van der Waals surface area contributed by atoms with Gasteiger partial charge in [-0.2, -0.15) is 0 Å². The smallest absolute Gasteiger partial charge is 0.189 e. The van der Waals surface area contributed by atoms with Crippen LogP contribution < -0.4 is 9.47 Å². The molecule has 0 saturated heterocycles. The second-order valence-electron chi connectivity index (χ2n) is 3.47. The first-order valence-corrected chi connectivity index (χ1v) is 5.87. The lowest BCUT2D eigenvalue weighted by atomic mass is 10.3. The standard InChI is InChI=1S/C13H10Cl2O3/c1-17-10-7-9(16)13(12(15)11(10)14)18-8-5-3-2-4-6-8/h2-7,16H,1H3. The molecule has 0 heterocycles. The van der Waals surface area contributed by atoms with Crippen molar-refractivity contribution in [2.24, 2.45) is 0 Å². The molecule has 0 aromatic heterocycles. The minimum Gasteiger partial charge on any atom is -0.504 e. The highest BCUT2D eigenvalue weighted by Gasteiger charge is 2.17. The first-order valence-electron chi connectivity index (χ1n) is 5.11. The molecule has 0 atom stereocenters. The summed E-state index contributed by atoms with van der Waals surface area (Å²) in [6, 6.07) is 10.3. The number of hydrogen-bond donors (Lipinski definition) is 1. The van der Waals surface area contributed by atoms with Crippen LogP contribution in [0.25, 0.3) is 0 Å². The van der Waals surface area contributed by atoms with Crippen LogP contribution in [0.15, 0.2) is 36.4 Å². The molecule has 0 bridgehead atoms. The fraction of sp³-hybridized carbons (Fsp3) is 0.0769. The van der Waals surface area contributed by atoms with E-state index in [1.54, 1.807) is 12.1 Å². The van der Waals surface area contributed by atoms with Crippen LogP contribution in [0, 0.1) is 0 Å². The molecule has 1 N–H and O–H groups in total. The number of methoxy groups -OCH3 is 1. The molecule has 2 rings (SSSR count). The van der Waals surface area contributed by atoms with E-state index >= 15 is 0 Å². The van der Waals surface area contributed by atoms with E-state index in [-0.39, 0.29) is 21.5 Å². The zero-order valence-corrected chi connectivity index (χ0v) is 11.0. The van der Waals surface area contributed by atoms with Gasteiger partial charge < -0.3 is 14.6 Å². The molecule has 94 valence electrons. The van der Waals surface area contributed by atoms with E-state index in [2.05, 4.69) is 0 Å². The Hall–Kier alpha value is -1.58. The Labute approximate surface area is 114 Å². The lowest BCUT2D eigenvalue weighted by Gasteiger charge is -2.12. The molecule has 0 spiro atoms. The van der Waals surface area contributed by atoms with Gasteiger partial charge in [0.1, 0.15) is 21.5 Å². The molecule has 0 unspecified atom stereocenters. The summed E-state index contributed by atoms with van der Waals surface area (Å²) in [5.74, 6) is 0.814. The molecule has 0 aliphatic carbocycles. The summed E-state index contributed by atoms with van der Waals surface area (Å²) in [6.07, 6.45) is 0. The van der Waals surface area contributed by atoms with E-state index in [1.807, 2.05) is 18.2 Å². The molecule has 0 saturated carbocycles. The predicted molar refractivity (Wildman–Crippen MR) is 71.2 cm³/mol. The number of benzene rings is 2. The van der Waals surface area contributed by atoms with Gasteiger partial charge in [-0.3, -0.25) is 0 Å². The van der Waals surface area contributed by atoms with Crippen LogP contribution in [-0.2, 0) is 0 Å². The van der Waals surface area contributed by atoms with Gasteiger partial charge in [0, 0.05) is 6.07 Å². The lowest BCUT2D eigenvalue weighted by Crippen LogP contribution is -1.90. The summed E-state index contributed by atoms with van der Waals surface area (Å²) in [6.45, 7) is 0. The number of rotatable bonds is 3. The summed E-state index contributed by atoms with van der Waals surface area (Å²) >= 11 is 12.0. The van der Waals surface area contributed by atoms with Gasteiger partial charge in [-0.05, 0) is 12.1 Å². The van der Waals surface area contributed by atoms with Crippen molar-refractivity contribution in [1.82, 2.24) is 0 Å². The SMILES string of the molecule is COc1cc(O)c(Oc2ccccc2)c(Cl)c1Cl. The van der Waals surface area contributed by atoms with E-state index in [9.17, 15) is 5.11 Å². The summed E-state index contributed by atoms with van der Waals surface area (Å²) in [4.78, 5) is 0. The van der Waals surface area contributed by atoms with Gasteiger partial charge >= 0.3 is 0 Å². The van der Waals surface area contributed by atoms with Crippen molar-refractivity contribution < 1.29 is 14.6 Å². The number of aromatic hydroxyl groups is 1. The van der Waals surface area contributed by atoms with Crippen LogP contribution in [0.2, 0.25) is 10.0 Å². The zero-order chi connectivity index (χ0) is 13.1. The average molecular weight is 285 g/mol. The Balaban J connectivity index is 2.43. The van der Waals surface area contributed by atoms with Crippen LogP contribution in [0.5, 0.6) is 23.0 Å². The minimum atomic E-state index is -0.134. The number of hydrogen-bond acceptors (Lipinski definition) is 3. The third kappa shape index (κ3) is 2.47. The molecule has 0 amide bonds.